The minimum atomic E-state index is -4.86. The number of nitrogens with zero attached hydrogens (tertiary/aromatic N) is 2. The van der Waals surface area contributed by atoms with Crippen LogP contribution in [0.15, 0.2) is 46.2 Å². The summed E-state index contributed by atoms with van der Waals surface area (Å²) in [5.74, 6) is 0.949. The monoisotopic (exact) mass is 507 g/mol. The van der Waals surface area contributed by atoms with Gasteiger partial charge in [-0.05, 0) is 55.0 Å². The number of likely N-dealkylation sites (tertiary alicyclic amines) is 1. The number of ether oxygens (including phenoxy) is 1. The van der Waals surface area contributed by atoms with Gasteiger partial charge in [0, 0.05) is 18.5 Å². The van der Waals surface area contributed by atoms with Gasteiger partial charge in [-0.1, -0.05) is 30.5 Å². The molecule has 0 aromatic heterocycles. The molecule has 4 nitrogen and oxygen atoms in total. The molecule has 1 aromatic rings. The predicted octanol–water partition coefficient (Wildman–Crippen LogP) is 5.71. The highest BCUT2D eigenvalue weighted by Crippen LogP contribution is 2.38. The van der Waals surface area contributed by atoms with Crippen molar-refractivity contribution in [3.8, 4) is 0 Å². The lowest BCUT2D eigenvalue weighted by Gasteiger charge is -2.32. The van der Waals surface area contributed by atoms with Crippen LogP contribution < -0.4 is 5.32 Å². The summed E-state index contributed by atoms with van der Waals surface area (Å²) in [5.41, 5.74) is -2.68. The topological polar surface area (TPSA) is 36.9 Å². The van der Waals surface area contributed by atoms with E-state index in [1.165, 1.54) is 11.8 Å². The summed E-state index contributed by atoms with van der Waals surface area (Å²) in [6, 6.07) is 2.07. The normalized spacial score (nSPS) is 19.7. The molecule has 34 heavy (non-hydrogen) atoms. The predicted molar refractivity (Wildman–Crippen MR) is 121 cm³/mol. The van der Waals surface area contributed by atoms with E-state index in [-0.39, 0.29) is 30.1 Å². The number of aliphatic imine (C=N–C) groups is 1. The maximum absolute atomic E-state index is 13.4. The van der Waals surface area contributed by atoms with E-state index in [2.05, 4.69) is 23.0 Å². The van der Waals surface area contributed by atoms with Crippen molar-refractivity contribution in [1.82, 2.24) is 10.2 Å². The van der Waals surface area contributed by atoms with Gasteiger partial charge in [0.2, 0.25) is 0 Å². The highest BCUT2D eigenvalue weighted by atomic mass is 32.2. The number of allylic oxidation sites excluding steroid dienone is 1. The van der Waals surface area contributed by atoms with Crippen molar-refractivity contribution in [2.24, 2.45) is 10.9 Å². The number of rotatable bonds is 7. The first-order valence-electron chi connectivity index (χ1n) is 10.8. The summed E-state index contributed by atoms with van der Waals surface area (Å²) in [5, 5.41) is 5.06. The van der Waals surface area contributed by atoms with Gasteiger partial charge >= 0.3 is 12.4 Å². The molecule has 188 valence electrons. The van der Waals surface area contributed by atoms with Gasteiger partial charge in [-0.25, -0.2) is 0 Å². The van der Waals surface area contributed by atoms with Crippen LogP contribution >= 0.6 is 11.8 Å². The number of nitrogens with one attached hydrogen (secondary N) is 1. The Morgan fingerprint density at radius 3 is 2.35 bits per heavy atom. The second-order valence-electron chi connectivity index (χ2n) is 8.25. The molecule has 11 heteroatoms. The van der Waals surface area contributed by atoms with Gasteiger partial charge in [0.25, 0.3) is 0 Å². The van der Waals surface area contributed by atoms with E-state index in [9.17, 15) is 26.3 Å². The van der Waals surface area contributed by atoms with Crippen molar-refractivity contribution in [1.29, 1.82) is 0 Å². The van der Waals surface area contributed by atoms with Gasteiger partial charge in [-0.15, -0.1) is 0 Å². The summed E-state index contributed by atoms with van der Waals surface area (Å²) in [6.07, 6.45) is -6.15. The second kappa shape index (κ2) is 11.2. The third-order valence-electron chi connectivity index (χ3n) is 5.80. The molecule has 3 rings (SSSR count). The number of piperidine rings is 1. The molecule has 2 saturated heterocycles. The van der Waals surface area contributed by atoms with Crippen LogP contribution in [0.4, 0.5) is 26.3 Å². The molecule has 2 heterocycles. The zero-order valence-corrected chi connectivity index (χ0v) is 19.5. The summed E-state index contributed by atoms with van der Waals surface area (Å²) in [4.78, 5) is 7.12. The van der Waals surface area contributed by atoms with Gasteiger partial charge in [-0.3, -0.25) is 9.89 Å². The van der Waals surface area contributed by atoms with E-state index in [1.807, 2.05) is 4.90 Å². The quantitative estimate of drug-likeness (QED) is 0.291. The van der Waals surface area contributed by atoms with Crippen LogP contribution in [0.1, 0.15) is 29.5 Å². The molecular formula is C23H27F6N3OS. The number of alkyl halides is 6. The van der Waals surface area contributed by atoms with E-state index in [4.69, 9.17) is 4.74 Å². The summed E-state index contributed by atoms with van der Waals surface area (Å²) in [6.45, 7) is 6.03. The fraction of sp³-hybridized carbons (Fsp3) is 0.522. The zero-order valence-electron chi connectivity index (χ0n) is 18.7. The van der Waals surface area contributed by atoms with E-state index in [0.717, 1.165) is 16.8 Å². The molecule has 0 saturated carbocycles. The maximum Gasteiger partial charge on any atom is 0.416 e. The summed E-state index contributed by atoms with van der Waals surface area (Å²) < 4.78 is 84.3. The fourth-order valence-electron chi connectivity index (χ4n) is 3.91. The summed E-state index contributed by atoms with van der Waals surface area (Å²) in [7, 11) is 1.70. The average molecular weight is 508 g/mol. The Bertz CT molecular complexity index is 916. The number of amidine groups is 1. The Kier molecular flexibility index (Phi) is 8.75. The molecule has 0 radical (unpaired) electrons. The van der Waals surface area contributed by atoms with Crippen LogP contribution in [-0.2, 0) is 23.6 Å². The van der Waals surface area contributed by atoms with E-state index < -0.39 is 23.5 Å². The third-order valence-corrected chi connectivity index (χ3v) is 6.55. The van der Waals surface area contributed by atoms with Crippen LogP contribution in [0.25, 0.3) is 0 Å². The van der Waals surface area contributed by atoms with Crippen molar-refractivity contribution in [3.05, 3.63) is 57.9 Å². The van der Waals surface area contributed by atoms with Gasteiger partial charge in [0.1, 0.15) is 5.84 Å². The molecule has 2 aliphatic heterocycles. The lowest BCUT2D eigenvalue weighted by Crippen LogP contribution is -2.48. The van der Waals surface area contributed by atoms with Crippen LogP contribution in [-0.4, -0.2) is 50.1 Å². The Morgan fingerprint density at radius 1 is 1.18 bits per heavy atom. The van der Waals surface area contributed by atoms with Crippen LogP contribution in [0.2, 0.25) is 0 Å². The Labute approximate surface area is 199 Å². The molecule has 0 unspecified atom stereocenters. The Balaban J connectivity index is 1.66. The number of hydrogen-bond acceptors (Lipinski definition) is 4. The SMILES string of the molecule is C=CS/C(=C\C1CCN(Cc2ccc(C(F)(F)F)cc2C(F)(F)F)CC1)C(=NC)NC1COC1. The Hall–Kier alpha value is -1.98. The number of halogens is 6. The number of thioether (sulfide) groups is 1. The van der Waals surface area contributed by atoms with Crippen molar-refractivity contribution in [2.45, 2.75) is 37.8 Å². The Morgan fingerprint density at radius 2 is 1.85 bits per heavy atom. The minimum absolute atomic E-state index is 0.0530. The number of hydrogen-bond donors (Lipinski definition) is 1. The molecular weight excluding hydrogens is 480 g/mol. The van der Waals surface area contributed by atoms with Crippen LogP contribution in [0.3, 0.4) is 0 Å². The molecule has 2 aliphatic rings. The molecule has 0 aliphatic carbocycles. The molecule has 0 bridgehead atoms. The molecule has 1 N–H and O–H groups in total. The maximum atomic E-state index is 13.4. The fourth-order valence-corrected chi connectivity index (χ4v) is 4.62. The minimum Gasteiger partial charge on any atom is -0.377 e. The first-order chi connectivity index (χ1) is 16.0. The third kappa shape index (κ3) is 7.02. The summed E-state index contributed by atoms with van der Waals surface area (Å²) >= 11 is 1.45. The molecule has 0 spiro atoms. The van der Waals surface area contributed by atoms with Gasteiger partial charge in [0.15, 0.2) is 0 Å². The van der Waals surface area contributed by atoms with E-state index in [1.54, 1.807) is 12.5 Å². The van der Waals surface area contributed by atoms with Crippen molar-refractivity contribution < 1.29 is 31.1 Å². The molecule has 1 aromatic carbocycles. The van der Waals surface area contributed by atoms with Crippen molar-refractivity contribution in [3.63, 3.8) is 0 Å². The largest absolute Gasteiger partial charge is 0.416 e. The highest BCUT2D eigenvalue weighted by molar-refractivity contribution is 8.06. The van der Waals surface area contributed by atoms with Gasteiger partial charge in [0.05, 0.1) is 30.4 Å². The van der Waals surface area contributed by atoms with Crippen LogP contribution in [0.5, 0.6) is 0 Å². The average Bonchev–Trinajstić information content (AvgIpc) is 2.73. The first-order valence-corrected chi connectivity index (χ1v) is 11.7. The molecule has 0 atom stereocenters. The smallest absolute Gasteiger partial charge is 0.377 e. The van der Waals surface area contributed by atoms with Crippen LogP contribution in [0, 0.1) is 5.92 Å². The lowest BCUT2D eigenvalue weighted by atomic mass is 9.95. The molecule has 0 amide bonds. The standard InChI is InChI=1S/C23H27F6N3OS/c1-3-34-20(21(30-2)31-18-13-33-14-18)10-15-6-8-32(9-7-15)12-16-4-5-17(22(24,25)26)11-19(16)23(27,28)29/h3-5,10-11,15,18H,1,6-9,12-14H2,2H3,(H,30,31)/b20-10-. The van der Waals surface area contributed by atoms with Gasteiger partial charge < -0.3 is 10.1 Å². The lowest BCUT2D eigenvalue weighted by molar-refractivity contribution is -0.143. The highest BCUT2D eigenvalue weighted by Gasteiger charge is 2.38. The van der Waals surface area contributed by atoms with E-state index in [0.29, 0.717) is 45.2 Å². The van der Waals surface area contributed by atoms with Crippen molar-refractivity contribution >= 4 is 17.6 Å². The first kappa shape index (κ1) is 26.6. The van der Waals surface area contributed by atoms with E-state index >= 15 is 0 Å². The van der Waals surface area contributed by atoms with Crippen molar-refractivity contribution in [2.75, 3.05) is 33.4 Å². The van der Waals surface area contributed by atoms with Gasteiger partial charge in [-0.2, -0.15) is 26.3 Å². The molecule has 2 fully saturated rings. The number of benzene rings is 1. The second-order valence-corrected chi connectivity index (χ2v) is 9.26. The zero-order chi connectivity index (χ0) is 24.9.